The quantitative estimate of drug-likeness (QED) is 0.844. The van der Waals surface area contributed by atoms with Crippen molar-refractivity contribution in [2.45, 2.75) is 11.4 Å². The lowest BCUT2D eigenvalue weighted by atomic mass is 10.1. The van der Waals surface area contributed by atoms with Crippen LogP contribution >= 0.6 is 11.6 Å². The van der Waals surface area contributed by atoms with Gasteiger partial charge in [-0.3, -0.25) is 0 Å². The molecule has 2 aromatic rings. The summed E-state index contributed by atoms with van der Waals surface area (Å²) in [6.07, 6.45) is 0. The number of nitrogens with zero attached hydrogens (tertiary/aromatic N) is 1. The lowest BCUT2D eigenvalue weighted by Crippen LogP contribution is -2.24. The molecule has 0 radical (unpaired) electrons. The van der Waals surface area contributed by atoms with E-state index in [-0.39, 0.29) is 17.1 Å². The zero-order valence-corrected chi connectivity index (χ0v) is 12.4. The van der Waals surface area contributed by atoms with E-state index in [0.29, 0.717) is 10.6 Å². The molecule has 0 bridgehead atoms. The molecule has 0 spiro atoms. The van der Waals surface area contributed by atoms with Gasteiger partial charge < -0.3 is 5.73 Å². The molecule has 7 heteroatoms. The minimum atomic E-state index is -3.72. The van der Waals surface area contributed by atoms with Gasteiger partial charge in [-0.15, -0.1) is 0 Å². The highest BCUT2D eigenvalue weighted by atomic mass is 35.5. The van der Waals surface area contributed by atoms with Crippen LogP contribution in [-0.4, -0.2) is 8.42 Å². The van der Waals surface area contributed by atoms with Gasteiger partial charge in [0.15, 0.2) is 0 Å². The summed E-state index contributed by atoms with van der Waals surface area (Å²) in [5.41, 5.74) is 7.03. The highest BCUT2D eigenvalue weighted by molar-refractivity contribution is 7.89. The average Bonchev–Trinajstić information content (AvgIpc) is 2.45. The molecule has 21 heavy (non-hydrogen) atoms. The molecule has 0 saturated carbocycles. The van der Waals surface area contributed by atoms with E-state index in [9.17, 15) is 8.42 Å². The van der Waals surface area contributed by atoms with Crippen LogP contribution in [0, 0.1) is 11.3 Å². The van der Waals surface area contributed by atoms with Crippen LogP contribution < -0.4 is 10.5 Å². The summed E-state index contributed by atoms with van der Waals surface area (Å²) >= 11 is 5.75. The Labute approximate surface area is 128 Å². The summed E-state index contributed by atoms with van der Waals surface area (Å²) in [6, 6.07) is 12.8. The molecule has 2 rings (SSSR count). The van der Waals surface area contributed by atoms with Gasteiger partial charge in [-0.25, -0.2) is 13.1 Å². The largest absolute Gasteiger partial charge is 0.398 e. The number of nitriles is 1. The van der Waals surface area contributed by atoms with Gasteiger partial charge >= 0.3 is 0 Å². The number of rotatable bonds is 4. The molecule has 0 atom stereocenters. The van der Waals surface area contributed by atoms with Crippen molar-refractivity contribution in [3.63, 3.8) is 0 Å². The van der Waals surface area contributed by atoms with E-state index in [1.54, 1.807) is 24.3 Å². The molecular formula is C14H12ClN3O2S. The third-order valence-electron chi connectivity index (χ3n) is 2.81. The number of hydrogen-bond acceptors (Lipinski definition) is 4. The molecule has 0 aliphatic carbocycles. The van der Waals surface area contributed by atoms with Gasteiger partial charge in [0.1, 0.15) is 4.90 Å². The van der Waals surface area contributed by atoms with Gasteiger partial charge in [-0.1, -0.05) is 23.7 Å². The van der Waals surface area contributed by atoms with Crippen molar-refractivity contribution in [1.82, 2.24) is 4.72 Å². The summed E-state index contributed by atoms with van der Waals surface area (Å²) in [5, 5.41) is 9.08. The molecule has 0 unspecified atom stereocenters. The molecule has 0 aliphatic heterocycles. The van der Waals surface area contributed by atoms with Gasteiger partial charge in [0, 0.05) is 11.6 Å². The van der Waals surface area contributed by atoms with Crippen molar-refractivity contribution in [3.05, 3.63) is 58.6 Å². The van der Waals surface area contributed by atoms with E-state index in [1.807, 2.05) is 6.07 Å². The summed E-state index contributed by atoms with van der Waals surface area (Å²) < 4.78 is 26.8. The summed E-state index contributed by atoms with van der Waals surface area (Å²) in [4.78, 5) is -0.0134. The molecule has 0 fully saturated rings. The van der Waals surface area contributed by atoms with Crippen molar-refractivity contribution in [2.24, 2.45) is 0 Å². The third-order valence-corrected chi connectivity index (χ3v) is 4.52. The van der Waals surface area contributed by atoms with E-state index in [1.165, 1.54) is 18.2 Å². The number of anilines is 1. The van der Waals surface area contributed by atoms with E-state index in [0.717, 1.165) is 5.56 Å². The van der Waals surface area contributed by atoms with E-state index >= 15 is 0 Å². The number of nitrogens with one attached hydrogen (secondary N) is 1. The van der Waals surface area contributed by atoms with Crippen molar-refractivity contribution >= 4 is 27.3 Å². The van der Waals surface area contributed by atoms with Crippen LogP contribution in [0.5, 0.6) is 0 Å². The normalized spacial score (nSPS) is 11.0. The number of hydrogen-bond donors (Lipinski definition) is 2. The first-order chi connectivity index (χ1) is 9.92. The van der Waals surface area contributed by atoms with Gasteiger partial charge in [-0.05, 0) is 35.9 Å². The first kappa shape index (κ1) is 15.3. The number of nitrogen functional groups attached to an aromatic ring is 1. The van der Waals surface area contributed by atoms with Gasteiger partial charge in [0.2, 0.25) is 10.0 Å². The van der Waals surface area contributed by atoms with Crippen LogP contribution in [0.3, 0.4) is 0 Å². The second kappa shape index (κ2) is 6.14. The Hall–Kier alpha value is -2.07. The first-order valence-corrected chi connectivity index (χ1v) is 7.82. The Bertz CT molecular complexity index is 796. The fraction of sp³-hybridized carbons (Fsp3) is 0.0714. The molecule has 0 heterocycles. The molecule has 0 saturated heterocycles. The topological polar surface area (TPSA) is 96.0 Å². The minimum absolute atomic E-state index is 0.0134. The molecule has 5 nitrogen and oxygen atoms in total. The smallest absolute Gasteiger partial charge is 0.242 e. The molecular weight excluding hydrogens is 310 g/mol. The predicted octanol–water partition coefficient (Wildman–Crippen LogP) is 2.27. The molecule has 0 amide bonds. The first-order valence-electron chi connectivity index (χ1n) is 5.96. The second-order valence-corrected chi connectivity index (χ2v) is 6.49. The Balaban J connectivity index is 2.16. The van der Waals surface area contributed by atoms with E-state index in [4.69, 9.17) is 22.6 Å². The summed E-state index contributed by atoms with van der Waals surface area (Å²) in [7, 11) is -3.72. The van der Waals surface area contributed by atoms with Crippen molar-refractivity contribution in [3.8, 4) is 6.07 Å². The molecule has 108 valence electrons. The lowest BCUT2D eigenvalue weighted by molar-refractivity contribution is 0.582. The predicted molar refractivity (Wildman–Crippen MR) is 81.0 cm³/mol. The Kier molecular flexibility index (Phi) is 4.48. The minimum Gasteiger partial charge on any atom is -0.398 e. The number of sulfonamides is 1. The number of nitrogens with two attached hydrogens (primary N) is 1. The maximum absolute atomic E-state index is 12.2. The van der Waals surface area contributed by atoms with Gasteiger partial charge in [0.25, 0.3) is 0 Å². The van der Waals surface area contributed by atoms with E-state index < -0.39 is 10.0 Å². The van der Waals surface area contributed by atoms with Crippen LogP contribution in [0.15, 0.2) is 47.4 Å². The Morgan fingerprint density at radius 1 is 1.19 bits per heavy atom. The molecule has 3 N–H and O–H groups in total. The fourth-order valence-corrected chi connectivity index (χ4v) is 3.03. The van der Waals surface area contributed by atoms with Crippen molar-refractivity contribution < 1.29 is 8.42 Å². The lowest BCUT2D eigenvalue weighted by Gasteiger charge is -2.09. The molecule has 2 aromatic carbocycles. The SMILES string of the molecule is N#Cc1ccc(CNS(=O)(=O)c2ccc(Cl)cc2N)cc1. The maximum Gasteiger partial charge on any atom is 0.242 e. The summed E-state index contributed by atoms with van der Waals surface area (Å²) in [5.74, 6) is 0. The van der Waals surface area contributed by atoms with Crippen LogP contribution in [0.1, 0.15) is 11.1 Å². The fourth-order valence-electron chi connectivity index (χ4n) is 1.72. The van der Waals surface area contributed by atoms with Crippen molar-refractivity contribution in [1.29, 1.82) is 5.26 Å². The number of benzene rings is 2. The zero-order chi connectivity index (χ0) is 15.5. The monoisotopic (exact) mass is 321 g/mol. The molecule has 0 aromatic heterocycles. The Morgan fingerprint density at radius 2 is 1.86 bits per heavy atom. The maximum atomic E-state index is 12.2. The van der Waals surface area contributed by atoms with E-state index in [2.05, 4.69) is 4.72 Å². The van der Waals surface area contributed by atoms with Crippen LogP contribution in [0.4, 0.5) is 5.69 Å². The van der Waals surface area contributed by atoms with Crippen molar-refractivity contribution in [2.75, 3.05) is 5.73 Å². The average molecular weight is 322 g/mol. The van der Waals surface area contributed by atoms with Gasteiger partial charge in [0.05, 0.1) is 17.3 Å². The van der Waals surface area contributed by atoms with Crippen LogP contribution in [-0.2, 0) is 16.6 Å². The van der Waals surface area contributed by atoms with Gasteiger partial charge in [-0.2, -0.15) is 5.26 Å². The number of halogens is 1. The zero-order valence-electron chi connectivity index (χ0n) is 10.9. The van der Waals surface area contributed by atoms with Crippen LogP contribution in [0.25, 0.3) is 0 Å². The third kappa shape index (κ3) is 3.73. The highest BCUT2D eigenvalue weighted by Gasteiger charge is 2.17. The molecule has 0 aliphatic rings. The van der Waals surface area contributed by atoms with Crippen LogP contribution in [0.2, 0.25) is 5.02 Å². The standard InChI is InChI=1S/C14H12ClN3O2S/c15-12-5-6-14(13(17)7-12)21(19,20)18-9-11-3-1-10(8-16)2-4-11/h1-7,18H,9,17H2. The second-order valence-electron chi connectivity index (χ2n) is 4.32. The highest BCUT2D eigenvalue weighted by Crippen LogP contribution is 2.22. The summed E-state index contributed by atoms with van der Waals surface area (Å²) in [6.45, 7) is 0.107. The Morgan fingerprint density at radius 3 is 2.43 bits per heavy atom.